The van der Waals surface area contributed by atoms with Gasteiger partial charge in [-0.25, -0.2) is 4.79 Å². The largest absolute Gasteiger partial charge is 0.480 e. The zero-order valence-corrected chi connectivity index (χ0v) is 13.9. The highest BCUT2D eigenvalue weighted by atomic mass is 16.4. The highest BCUT2D eigenvalue weighted by Gasteiger charge is 2.19. The molecule has 1 amide bonds. The number of carboxylic acids is 1. The number of nitrogens with one attached hydrogen (secondary N) is 1. The molecule has 126 valence electrons. The van der Waals surface area contributed by atoms with E-state index in [1.54, 1.807) is 0 Å². The lowest BCUT2D eigenvalue weighted by atomic mass is 9.97. The van der Waals surface area contributed by atoms with Gasteiger partial charge < -0.3 is 10.4 Å². The lowest BCUT2D eigenvalue weighted by Crippen LogP contribution is -2.41. The topological polar surface area (TPSA) is 66.4 Å². The SMILES string of the molecule is CCCCC(NC(=O)Cc1ccccc1-c1ccccc1)C(=O)O. The van der Waals surface area contributed by atoms with Crippen LogP contribution in [0.4, 0.5) is 0 Å². The van der Waals surface area contributed by atoms with Crippen LogP contribution in [-0.4, -0.2) is 23.0 Å². The fourth-order valence-corrected chi connectivity index (χ4v) is 2.66. The van der Waals surface area contributed by atoms with E-state index in [1.165, 1.54) is 0 Å². The summed E-state index contributed by atoms with van der Waals surface area (Å²) in [6.07, 6.45) is 2.30. The van der Waals surface area contributed by atoms with Gasteiger partial charge in [0.05, 0.1) is 6.42 Å². The molecule has 0 aliphatic carbocycles. The van der Waals surface area contributed by atoms with Gasteiger partial charge in [-0.3, -0.25) is 4.79 Å². The van der Waals surface area contributed by atoms with Crippen molar-refractivity contribution in [1.29, 1.82) is 0 Å². The summed E-state index contributed by atoms with van der Waals surface area (Å²) in [6, 6.07) is 16.7. The summed E-state index contributed by atoms with van der Waals surface area (Å²) in [5.74, 6) is -1.24. The highest BCUT2D eigenvalue weighted by Crippen LogP contribution is 2.23. The summed E-state index contributed by atoms with van der Waals surface area (Å²) >= 11 is 0. The van der Waals surface area contributed by atoms with Gasteiger partial charge in [0.1, 0.15) is 6.04 Å². The first-order valence-electron chi connectivity index (χ1n) is 8.27. The Kier molecular flexibility index (Phi) is 6.55. The third-order valence-corrected chi connectivity index (χ3v) is 3.93. The van der Waals surface area contributed by atoms with E-state index in [0.717, 1.165) is 29.5 Å². The smallest absolute Gasteiger partial charge is 0.326 e. The molecule has 0 saturated heterocycles. The van der Waals surface area contributed by atoms with Gasteiger partial charge in [-0.1, -0.05) is 74.4 Å². The molecule has 0 bridgehead atoms. The van der Waals surface area contributed by atoms with Crippen LogP contribution in [0, 0.1) is 0 Å². The number of hydrogen-bond donors (Lipinski definition) is 2. The molecule has 2 aromatic carbocycles. The first kappa shape index (κ1) is 17.7. The van der Waals surface area contributed by atoms with Gasteiger partial charge in [0.2, 0.25) is 5.91 Å². The predicted molar refractivity (Wildman–Crippen MR) is 94.7 cm³/mol. The zero-order chi connectivity index (χ0) is 17.4. The van der Waals surface area contributed by atoms with Crippen molar-refractivity contribution in [2.24, 2.45) is 0 Å². The van der Waals surface area contributed by atoms with Crippen molar-refractivity contribution < 1.29 is 14.7 Å². The third-order valence-electron chi connectivity index (χ3n) is 3.93. The van der Waals surface area contributed by atoms with Crippen molar-refractivity contribution in [2.45, 2.75) is 38.6 Å². The maximum Gasteiger partial charge on any atom is 0.326 e. The van der Waals surface area contributed by atoms with E-state index in [9.17, 15) is 14.7 Å². The molecule has 4 nitrogen and oxygen atoms in total. The maximum atomic E-state index is 12.3. The van der Waals surface area contributed by atoms with E-state index < -0.39 is 12.0 Å². The van der Waals surface area contributed by atoms with Crippen LogP contribution in [-0.2, 0) is 16.0 Å². The second-order valence-corrected chi connectivity index (χ2v) is 5.80. The molecular formula is C20H23NO3. The van der Waals surface area contributed by atoms with Crippen LogP contribution >= 0.6 is 0 Å². The Hall–Kier alpha value is -2.62. The zero-order valence-electron chi connectivity index (χ0n) is 13.9. The first-order valence-corrected chi connectivity index (χ1v) is 8.27. The number of benzene rings is 2. The van der Waals surface area contributed by atoms with Crippen LogP contribution in [0.1, 0.15) is 31.7 Å². The Labute approximate surface area is 142 Å². The lowest BCUT2D eigenvalue weighted by molar-refractivity contribution is -0.141. The van der Waals surface area contributed by atoms with Crippen molar-refractivity contribution in [3.05, 3.63) is 60.2 Å². The molecule has 2 N–H and O–H groups in total. The molecule has 0 aromatic heterocycles. The number of carbonyl (C=O) groups excluding carboxylic acids is 1. The summed E-state index contributed by atoms with van der Waals surface area (Å²) in [5.41, 5.74) is 2.93. The normalized spacial score (nSPS) is 11.7. The quantitative estimate of drug-likeness (QED) is 0.778. The summed E-state index contributed by atoms with van der Waals surface area (Å²) in [7, 11) is 0. The van der Waals surface area contributed by atoms with Crippen molar-refractivity contribution in [3.63, 3.8) is 0 Å². The minimum Gasteiger partial charge on any atom is -0.480 e. The molecule has 0 aliphatic rings. The van der Waals surface area contributed by atoms with Gasteiger partial charge in [0, 0.05) is 0 Å². The van der Waals surface area contributed by atoms with Gasteiger partial charge in [0.15, 0.2) is 0 Å². The molecule has 0 radical (unpaired) electrons. The Morgan fingerprint density at radius 2 is 1.71 bits per heavy atom. The van der Waals surface area contributed by atoms with Crippen LogP contribution in [0.3, 0.4) is 0 Å². The summed E-state index contributed by atoms with van der Waals surface area (Å²) in [5, 5.41) is 11.9. The average molecular weight is 325 g/mol. The number of rotatable bonds is 8. The highest BCUT2D eigenvalue weighted by molar-refractivity contribution is 5.86. The van der Waals surface area contributed by atoms with Gasteiger partial charge >= 0.3 is 5.97 Å². The van der Waals surface area contributed by atoms with Crippen LogP contribution in [0.5, 0.6) is 0 Å². The minimum atomic E-state index is -0.979. The van der Waals surface area contributed by atoms with E-state index in [4.69, 9.17) is 0 Å². The molecule has 0 heterocycles. The fourth-order valence-electron chi connectivity index (χ4n) is 2.66. The molecule has 2 rings (SSSR count). The Morgan fingerprint density at radius 1 is 1.04 bits per heavy atom. The van der Waals surface area contributed by atoms with Crippen LogP contribution < -0.4 is 5.32 Å². The third kappa shape index (κ3) is 4.95. The molecule has 4 heteroatoms. The Bertz CT molecular complexity index is 682. The van der Waals surface area contributed by atoms with Gasteiger partial charge in [-0.15, -0.1) is 0 Å². The van der Waals surface area contributed by atoms with Crippen molar-refractivity contribution in [3.8, 4) is 11.1 Å². The second-order valence-electron chi connectivity index (χ2n) is 5.80. The van der Waals surface area contributed by atoms with Crippen LogP contribution in [0.25, 0.3) is 11.1 Å². The summed E-state index contributed by atoms with van der Waals surface area (Å²) in [6.45, 7) is 2.00. The second kappa shape index (κ2) is 8.87. The van der Waals surface area contributed by atoms with Gasteiger partial charge in [-0.2, -0.15) is 0 Å². The minimum absolute atomic E-state index is 0.168. The van der Waals surface area contributed by atoms with E-state index in [-0.39, 0.29) is 12.3 Å². The Balaban J connectivity index is 2.11. The molecule has 1 atom stereocenters. The molecule has 24 heavy (non-hydrogen) atoms. The number of unbranched alkanes of at least 4 members (excludes halogenated alkanes) is 1. The molecule has 0 aliphatic heterocycles. The van der Waals surface area contributed by atoms with E-state index >= 15 is 0 Å². The average Bonchev–Trinajstić information content (AvgIpc) is 2.59. The number of aliphatic carboxylic acids is 1. The summed E-state index contributed by atoms with van der Waals surface area (Å²) < 4.78 is 0. The Morgan fingerprint density at radius 3 is 2.38 bits per heavy atom. The van der Waals surface area contributed by atoms with Gasteiger partial charge in [-0.05, 0) is 23.1 Å². The molecular weight excluding hydrogens is 302 g/mol. The molecule has 0 saturated carbocycles. The van der Waals surface area contributed by atoms with Gasteiger partial charge in [0.25, 0.3) is 0 Å². The predicted octanol–water partition coefficient (Wildman–Crippen LogP) is 3.66. The van der Waals surface area contributed by atoms with Crippen LogP contribution in [0.2, 0.25) is 0 Å². The van der Waals surface area contributed by atoms with Crippen LogP contribution in [0.15, 0.2) is 54.6 Å². The van der Waals surface area contributed by atoms with E-state index in [2.05, 4.69) is 5.32 Å². The number of hydrogen-bond acceptors (Lipinski definition) is 2. The number of carboxylic acid groups (broad SMARTS) is 1. The number of carbonyl (C=O) groups is 2. The van der Waals surface area contributed by atoms with E-state index in [0.29, 0.717) is 6.42 Å². The van der Waals surface area contributed by atoms with Crippen molar-refractivity contribution in [2.75, 3.05) is 0 Å². The maximum absolute atomic E-state index is 12.3. The molecule has 0 spiro atoms. The lowest BCUT2D eigenvalue weighted by Gasteiger charge is -2.15. The molecule has 1 unspecified atom stereocenters. The summed E-state index contributed by atoms with van der Waals surface area (Å²) in [4.78, 5) is 23.6. The first-order chi connectivity index (χ1) is 11.6. The monoisotopic (exact) mass is 325 g/mol. The van der Waals surface area contributed by atoms with Crippen molar-refractivity contribution in [1.82, 2.24) is 5.32 Å². The standard InChI is InChI=1S/C20H23NO3/c1-2-3-13-18(20(23)24)21-19(22)14-16-11-7-8-12-17(16)15-9-5-4-6-10-15/h4-12,18H,2-3,13-14H2,1H3,(H,21,22)(H,23,24). The fraction of sp³-hybridized carbons (Fsp3) is 0.300. The molecule has 2 aromatic rings. The van der Waals surface area contributed by atoms with Crippen molar-refractivity contribution >= 4 is 11.9 Å². The molecule has 0 fully saturated rings. The number of amides is 1. The van der Waals surface area contributed by atoms with E-state index in [1.807, 2.05) is 61.5 Å².